The summed E-state index contributed by atoms with van der Waals surface area (Å²) in [5.74, 6) is 1.32. The van der Waals surface area contributed by atoms with Crippen LogP contribution in [0.1, 0.15) is 61.6 Å². The van der Waals surface area contributed by atoms with E-state index in [-0.39, 0.29) is 17.5 Å². The average Bonchev–Trinajstić information content (AvgIpc) is 2.63. The van der Waals surface area contributed by atoms with Crippen molar-refractivity contribution in [1.82, 2.24) is 14.9 Å². The first-order valence-corrected chi connectivity index (χ1v) is 9.48. The van der Waals surface area contributed by atoms with Crippen LogP contribution in [0.4, 0.5) is 0 Å². The van der Waals surface area contributed by atoms with Crippen molar-refractivity contribution in [2.45, 2.75) is 64.5 Å². The second-order valence-electron chi connectivity index (χ2n) is 7.52. The van der Waals surface area contributed by atoms with Crippen molar-refractivity contribution >= 4 is 16.8 Å². The fraction of sp³-hybridized carbons (Fsp3) is 0.550. The summed E-state index contributed by atoms with van der Waals surface area (Å²) in [6, 6.07) is 5.53. The van der Waals surface area contributed by atoms with Crippen molar-refractivity contribution in [3.05, 3.63) is 39.9 Å². The number of benzene rings is 1. The second kappa shape index (κ2) is 6.62. The number of nitrogens with zero attached hydrogens (tertiary/aromatic N) is 2. The molecule has 4 rings (SSSR count). The summed E-state index contributed by atoms with van der Waals surface area (Å²) >= 11 is 0. The Kier molecular flexibility index (Phi) is 4.32. The van der Waals surface area contributed by atoms with Crippen LogP contribution < -0.4 is 10.9 Å². The van der Waals surface area contributed by atoms with Gasteiger partial charge in [0.05, 0.1) is 10.9 Å². The molecule has 1 aromatic heterocycles. The predicted octanol–water partition coefficient (Wildman–Crippen LogP) is 3.04. The molecule has 0 unspecified atom stereocenters. The van der Waals surface area contributed by atoms with E-state index < -0.39 is 0 Å². The molecule has 2 atom stereocenters. The highest BCUT2D eigenvalue weighted by Gasteiger charge is 2.23. The van der Waals surface area contributed by atoms with Gasteiger partial charge in [-0.2, -0.15) is 0 Å². The van der Waals surface area contributed by atoms with Gasteiger partial charge in [-0.25, -0.2) is 4.98 Å². The molecule has 25 heavy (non-hydrogen) atoms. The highest BCUT2D eigenvalue weighted by molar-refractivity contribution is 5.97. The van der Waals surface area contributed by atoms with Crippen molar-refractivity contribution in [1.29, 1.82) is 0 Å². The molecule has 5 heteroatoms. The summed E-state index contributed by atoms with van der Waals surface area (Å²) in [5, 5.41) is 3.78. The Hall–Kier alpha value is -2.17. The van der Waals surface area contributed by atoms with E-state index in [9.17, 15) is 9.59 Å². The number of carbonyl (C=O) groups is 1. The summed E-state index contributed by atoms with van der Waals surface area (Å²) < 4.78 is 1.79. The normalized spacial score (nSPS) is 23.2. The van der Waals surface area contributed by atoms with E-state index in [1.807, 2.05) is 0 Å². The number of rotatable bonds is 2. The summed E-state index contributed by atoms with van der Waals surface area (Å²) in [4.78, 5) is 30.0. The molecule has 2 heterocycles. The highest BCUT2D eigenvalue weighted by Crippen LogP contribution is 2.24. The molecular weight excluding hydrogens is 314 g/mol. The van der Waals surface area contributed by atoms with E-state index in [0.29, 0.717) is 22.4 Å². The lowest BCUT2D eigenvalue weighted by Crippen LogP contribution is -2.41. The Bertz CT molecular complexity index is 871. The second-order valence-corrected chi connectivity index (χ2v) is 7.52. The molecule has 1 aliphatic heterocycles. The number of aryl methyl sites for hydroxylation is 1. The van der Waals surface area contributed by atoms with Gasteiger partial charge in [0.1, 0.15) is 5.82 Å². The molecular formula is C20H25N3O2. The molecule has 132 valence electrons. The van der Waals surface area contributed by atoms with Crippen molar-refractivity contribution in [3.63, 3.8) is 0 Å². The number of fused-ring (bicyclic) bond motifs is 2. The quantitative estimate of drug-likeness (QED) is 0.915. The summed E-state index contributed by atoms with van der Waals surface area (Å²) in [6.45, 7) is 2.96. The predicted molar refractivity (Wildman–Crippen MR) is 97.8 cm³/mol. The van der Waals surface area contributed by atoms with Crippen molar-refractivity contribution in [2.24, 2.45) is 5.92 Å². The van der Waals surface area contributed by atoms with Gasteiger partial charge < -0.3 is 5.32 Å². The fourth-order valence-electron chi connectivity index (χ4n) is 4.17. The SMILES string of the molecule is C[C@H]1CCCC[C@@H]1NC(=O)c1ccc2c(=O)n3c(nc2c1)CCCC3. The van der Waals surface area contributed by atoms with E-state index in [2.05, 4.69) is 17.2 Å². The van der Waals surface area contributed by atoms with Crippen LogP contribution in [0.25, 0.3) is 10.9 Å². The molecule has 1 aliphatic carbocycles. The molecule has 0 saturated heterocycles. The van der Waals surface area contributed by atoms with E-state index in [1.165, 1.54) is 19.3 Å². The van der Waals surface area contributed by atoms with E-state index in [0.717, 1.165) is 38.1 Å². The largest absolute Gasteiger partial charge is 0.349 e. The van der Waals surface area contributed by atoms with Gasteiger partial charge in [0, 0.05) is 24.6 Å². The first-order valence-electron chi connectivity index (χ1n) is 9.48. The van der Waals surface area contributed by atoms with E-state index in [4.69, 9.17) is 0 Å². The van der Waals surface area contributed by atoms with Crippen LogP contribution in [0.2, 0.25) is 0 Å². The monoisotopic (exact) mass is 339 g/mol. The smallest absolute Gasteiger partial charge is 0.261 e. The van der Waals surface area contributed by atoms with Gasteiger partial charge in [0.25, 0.3) is 11.5 Å². The van der Waals surface area contributed by atoms with Crippen LogP contribution in [0.5, 0.6) is 0 Å². The average molecular weight is 339 g/mol. The maximum Gasteiger partial charge on any atom is 0.261 e. The number of hydrogen-bond donors (Lipinski definition) is 1. The minimum Gasteiger partial charge on any atom is -0.349 e. The number of aromatic nitrogens is 2. The molecule has 0 spiro atoms. The number of amides is 1. The molecule has 1 fully saturated rings. The van der Waals surface area contributed by atoms with Crippen LogP contribution in [0.15, 0.2) is 23.0 Å². The van der Waals surface area contributed by atoms with Gasteiger partial charge in [-0.05, 0) is 49.8 Å². The maximum absolute atomic E-state index is 12.7. The first-order chi connectivity index (χ1) is 12.1. The third-order valence-electron chi connectivity index (χ3n) is 5.76. The zero-order valence-electron chi connectivity index (χ0n) is 14.8. The molecule has 2 aliphatic rings. The Labute approximate surface area is 147 Å². The Balaban J connectivity index is 1.64. The van der Waals surface area contributed by atoms with Crippen LogP contribution in [0.3, 0.4) is 0 Å². The zero-order chi connectivity index (χ0) is 17.4. The maximum atomic E-state index is 12.7. The molecule has 1 amide bonds. The van der Waals surface area contributed by atoms with Gasteiger partial charge in [0.2, 0.25) is 0 Å². The minimum absolute atomic E-state index is 0.0209. The van der Waals surface area contributed by atoms with Crippen LogP contribution in [-0.2, 0) is 13.0 Å². The minimum atomic E-state index is -0.0553. The molecule has 2 aromatic rings. The number of nitrogens with one attached hydrogen (secondary N) is 1. The molecule has 1 N–H and O–H groups in total. The van der Waals surface area contributed by atoms with Gasteiger partial charge in [0.15, 0.2) is 0 Å². The van der Waals surface area contributed by atoms with Gasteiger partial charge >= 0.3 is 0 Å². The molecule has 1 saturated carbocycles. The number of hydrogen-bond acceptors (Lipinski definition) is 3. The molecule has 0 bridgehead atoms. The zero-order valence-corrected chi connectivity index (χ0v) is 14.8. The van der Waals surface area contributed by atoms with Crippen LogP contribution in [-0.4, -0.2) is 21.5 Å². The van der Waals surface area contributed by atoms with Crippen LogP contribution >= 0.6 is 0 Å². The van der Waals surface area contributed by atoms with Gasteiger partial charge in [-0.3, -0.25) is 14.2 Å². The summed E-state index contributed by atoms with van der Waals surface area (Å²) in [6.07, 6.45) is 7.58. The first kappa shape index (κ1) is 16.3. The van der Waals surface area contributed by atoms with Gasteiger partial charge in [-0.1, -0.05) is 19.8 Å². The molecule has 5 nitrogen and oxygen atoms in total. The van der Waals surface area contributed by atoms with Crippen molar-refractivity contribution in [2.75, 3.05) is 0 Å². The van der Waals surface area contributed by atoms with E-state index >= 15 is 0 Å². The third kappa shape index (κ3) is 3.08. The highest BCUT2D eigenvalue weighted by atomic mass is 16.1. The summed E-state index contributed by atoms with van der Waals surface area (Å²) in [5.41, 5.74) is 1.26. The fourth-order valence-corrected chi connectivity index (χ4v) is 4.17. The Morgan fingerprint density at radius 1 is 1.20 bits per heavy atom. The van der Waals surface area contributed by atoms with Crippen molar-refractivity contribution in [3.8, 4) is 0 Å². The third-order valence-corrected chi connectivity index (χ3v) is 5.76. The Morgan fingerprint density at radius 2 is 2.04 bits per heavy atom. The summed E-state index contributed by atoms with van der Waals surface area (Å²) in [7, 11) is 0. The molecule has 1 aromatic carbocycles. The lowest BCUT2D eigenvalue weighted by Gasteiger charge is -2.29. The Morgan fingerprint density at radius 3 is 2.88 bits per heavy atom. The van der Waals surface area contributed by atoms with E-state index in [1.54, 1.807) is 22.8 Å². The van der Waals surface area contributed by atoms with Crippen molar-refractivity contribution < 1.29 is 4.79 Å². The molecule has 0 radical (unpaired) electrons. The number of carbonyl (C=O) groups excluding carboxylic acids is 1. The van der Waals surface area contributed by atoms with Gasteiger partial charge in [-0.15, -0.1) is 0 Å². The van der Waals surface area contributed by atoms with Crippen LogP contribution in [0, 0.1) is 5.92 Å². The lowest BCUT2D eigenvalue weighted by atomic mass is 9.86. The standard InChI is InChI=1S/C20H25N3O2/c1-13-6-2-3-7-16(13)22-19(24)14-9-10-15-17(12-14)21-18-8-4-5-11-23(18)20(15)25/h9-10,12-13,16H,2-8,11H2,1H3,(H,22,24)/t13-,16-/m0/s1. The lowest BCUT2D eigenvalue weighted by molar-refractivity contribution is 0.0910. The topological polar surface area (TPSA) is 64.0 Å².